The van der Waals surface area contributed by atoms with Crippen LogP contribution >= 0.6 is 0 Å². The number of nitrogens with one attached hydrogen (secondary N) is 5. The predicted octanol–water partition coefficient (Wildman–Crippen LogP) is 1.98. The molecule has 0 atom stereocenters. The fourth-order valence-corrected chi connectivity index (χ4v) is 2.43. The monoisotopic (exact) mass is 341 g/mol. The molecule has 0 heterocycles. The Morgan fingerprint density at radius 1 is 0.400 bits per heavy atom. The van der Waals surface area contributed by atoms with E-state index in [2.05, 4.69) is 50.8 Å². The van der Waals surface area contributed by atoms with Gasteiger partial charge in [-0.3, -0.25) is 0 Å². The van der Waals surface area contributed by atoms with E-state index in [0.717, 1.165) is 52.4 Å². The highest BCUT2D eigenvalue weighted by Crippen LogP contribution is 2.03. The molecule has 5 N–H and O–H groups in total. The molecule has 0 aliphatic carbocycles. The van der Waals surface area contributed by atoms with E-state index < -0.39 is 0 Å². The lowest BCUT2D eigenvalue weighted by Gasteiger charge is -2.10. The van der Waals surface area contributed by atoms with E-state index in [9.17, 15) is 0 Å². The number of anilines is 2. The zero-order chi connectivity index (χ0) is 17.4. The third-order valence-corrected chi connectivity index (χ3v) is 3.77. The van der Waals surface area contributed by atoms with Gasteiger partial charge >= 0.3 is 0 Å². The van der Waals surface area contributed by atoms with Crippen molar-refractivity contribution in [1.82, 2.24) is 16.0 Å². The first kappa shape index (κ1) is 19.2. The molecule has 25 heavy (non-hydrogen) atoms. The first-order valence-corrected chi connectivity index (χ1v) is 9.15. The molecule has 5 heteroatoms. The van der Waals surface area contributed by atoms with Crippen molar-refractivity contribution in [3.8, 4) is 0 Å². The Morgan fingerprint density at radius 2 is 0.720 bits per heavy atom. The smallest absolute Gasteiger partial charge is 0.0340 e. The Balaban J connectivity index is 1.30. The molecule has 5 nitrogen and oxygen atoms in total. The van der Waals surface area contributed by atoms with E-state index in [1.807, 2.05) is 36.4 Å². The molecule has 0 spiro atoms. The van der Waals surface area contributed by atoms with Crippen molar-refractivity contribution in [3.63, 3.8) is 0 Å². The second-order valence-corrected chi connectivity index (χ2v) is 5.84. The van der Waals surface area contributed by atoms with Gasteiger partial charge in [-0.15, -0.1) is 0 Å². The second kappa shape index (κ2) is 13.2. The molecule has 0 aliphatic rings. The summed E-state index contributed by atoms with van der Waals surface area (Å²) in [5, 5.41) is 17.1. The molecule has 0 radical (unpaired) electrons. The van der Waals surface area contributed by atoms with Crippen molar-refractivity contribution in [3.05, 3.63) is 60.7 Å². The minimum Gasteiger partial charge on any atom is -0.384 e. The zero-order valence-electron chi connectivity index (χ0n) is 14.9. The van der Waals surface area contributed by atoms with Gasteiger partial charge in [-0.2, -0.15) is 0 Å². The zero-order valence-corrected chi connectivity index (χ0v) is 14.9. The summed E-state index contributed by atoms with van der Waals surface area (Å²) in [7, 11) is 0. The molecule has 2 aromatic rings. The van der Waals surface area contributed by atoms with E-state index in [-0.39, 0.29) is 0 Å². The maximum absolute atomic E-state index is 3.44. The molecule has 0 fully saturated rings. The summed E-state index contributed by atoms with van der Waals surface area (Å²) in [5.41, 5.74) is 2.35. The summed E-state index contributed by atoms with van der Waals surface area (Å²) >= 11 is 0. The van der Waals surface area contributed by atoms with Crippen LogP contribution < -0.4 is 26.6 Å². The molecular formula is C20H31N5. The Morgan fingerprint density at radius 3 is 1.08 bits per heavy atom. The van der Waals surface area contributed by atoms with Crippen LogP contribution in [-0.2, 0) is 0 Å². The van der Waals surface area contributed by atoms with Crippen LogP contribution in [0.3, 0.4) is 0 Å². The maximum Gasteiger partial charge on any atom is 0.0340 e. The van der Waals surface area contributed by atoms with Gasteiger partial charge in [0.25, 0.3) is 0 Å². The highest BCUT2D eigenvalue weighted by molar-refractivity contribution is 5.42. The van der Waals surface area contributed by atoms with Crippen LogP contribution in [0.2, 0.25) is 0 Å². The van der Waals surface area contributed by atoms with Gasteiger partial charge in [0.15, 0.2) is 0 Å². The fraction of sp³-hybridized carbons (Fsp3) is 0.400. The highest BCUT2D eigenvalue weighted by atomic mass is 15.0. The molecule has 136 valence electrons. The molecular weight excluding hydrogens is 310 g/mol. The van der Waals surface area contributed by atoms with Crippen LogP contribution in [0, 0.1) is 0 Å². The minimum atomic E-state index is 0.944. The molecule has 0 aromatic heterocycles. The van der Waals surface area contributed by atoms with Crippen LogP contribution in [0.25, 0.3) is 0 Å². The van der Waals surface area contributed by atoms with Crippen molar-refractivity contribution < 1.29 is 0 Å². The summed E-state index contributed by atoms with van der Waals surface area (Å²) < 4.78 is 0. The Hall–Kier alpha value is -2.08. The third kappa shape index (κ3) is 9.72. The van der Waals surface area contributed by atoms with Gasteiger partial charge in [-0.1, -0.05) is 36.4 Å². The van der Waals surface area contributed by atoms with Crippen molar-refractivity contribution in [2.24, 2.45) is 0 Å². The van der Waals surface area contributed by atoms with Gasteiger partial charge < -0.3 is 26.6 Å². The number of para-hydroxylation sites is 2. The summed E-state index contributed by atoms with van der Waals surface area (Å²) in [6, 6.07) is 20.6. The summed E-state index contributed by atoms with van der Waals surface area (Å²) in [6.45, 7) is 7.81. The molecule has 0 unspecified atom stereocenters. The number of benzene rings is 2. The van der Waals surface area contributed by atoms with Crippen molar-refractivity contribution >= 4 is 11.4 Å². The largest absolute Gasteiger partial charge is 0.384 e. The summed E-state index contributed by atoms with van der Waals surface area (Å²) in [4.78, 5) is 0. The average Bonchev–Trinajstić information content (AvgIpc) is 2.67. The van der Waals surface area contributed by atoms with Crippen LogP contribution in [0.1, 0.15) is 0 Å². The topological polar surface area (TPSA) is 60.1 Å². The van der Waals surface area contributed by atoms with Gasteiger partial charge in [0.2, 0.25) is 0 Å². The van der Waals surface area contributed by atoms with E-state index in [1.165, 1.54) is 11.4 Å². The summed E-state index contributed by atoms with van der Waals surface area (Å²) in [5.74, 6) is 0. The van der Waals surface area contributed by atoms with E-state index >= 15 is 0 Å². The van der Waals surface area contributed by atoms with Crippen molar-refractivity contribution in [2.45, 2.75) is 0 Å². The number of hydrogen-bond acceptors (Lipinski definition) is 5. The van der Waals surface area contributed by atoms with Gasteiger partial charge in [0.1, 0.15) is 0 Å². The Kier molecular flexibility index (Phi) is 10.2. The molecule has 0 saturated carbocycles. The second-order valence-electron chi connectivity index (χ2n) is 5.84. The minimum absolute atomic E-state index is 0.944. The molecule has 0 bridgehead atoms. The SMILES string of the molecule is c1ccc(NCCNCCNCCNCCNc2ccccc2)cc1. The molecule has 0 aliphatic heterocycles. The van der Waals surface area contributed by atoms with Crippen molar-refractivity contribution in [2.75, 3.05) is 63.0 Å². The standard InChI is InChI=1S/C20H31N5/c1-3-7-19(8-4-1)24-17-15-22-13-11-21-12-14-23-16-18-25-20-9-5-2-6-10-20/h1-10,21-25H,11-18H2. The van der Waals surface area contributed by atoms with Crippen LogP contribution in [0.15, 0.2) is 60.7 Å². The third-order valence-electron chi connectivity index (χ3n) is 3.77. The van der Waals surface area contributed by atoms with E-state index in [4.69, 9.17) is 0 Å². The summed E-state index contributed by atoms with van der Waals surface area (Å²) in [6.07, 6.45) is 0. The number of hydrogen-bond donors (Lipinski definition) is 5. The quantitative estimate of drug-likeness (QED) is 0.340. The lowest BCUT2D eigenvalue weighted by Crippen LogP contribution is -2.35. The molecule has 0 amide bonds. The Labute approximate surface area is 151 Å². The lowest BCUT2D eigenvalue weighted by atomic mass is 10.3. The van der Waals surface area contributed by atoms with Gasteiger partial charge in [0.05, 0.1) is 0 Å². The lowest BCUT2D eigenvalue weighted by molar-refractivity contribution is 0.590. The number of rotatable bonds is 14. The van der Waals surface area contributed by atoms with Crippen LogP contribution in [0.5, 0.6) is 0 Å². The predicted molar refractivity (Wildman–Crippen MR) is 108 cm³/mol. The van der Waals surface area contributed by atoms with E-state index in [1.54, 1.807) is 0 Å². The Bertz CT molecular complexity index is 483. The van der Waals surface area contributed by atoms with E-state index in [0.29, 0.717) is 0 Å². The van der Waals surface area contributed by atoms with Gasteiger partial charge in [-0.05, 0) is 24.3 Å². The molecule has 2 aromatic carbocycles. The molecule has 2 rings (SSSR count). The van der Waals surface area contributed by atoms with Gasteiger partial charge in [0, 0.05) is 63.7 Å². The fourth-order valence-electron chi connectivity index (χ4n) is 2.43. The average molecular weight is 342 g/mol. The van der Waals surface area contributed by atoms with Gasteiger partial charge in [-0.25, -0.2) is 0 Å². The highest BCUT2D eigenvalue weighted by Gasteiger charge is 1.92. The normalized spacial score (nSPS) is 10.6. The first-order chi connectivity index (χ1) is 12.4. The van der Waals surface area contributed by atoms with Crippen molar-refractivity contribution in [1.29, 1.82) is 0 Å². The van der Waals surface area contributed by atoms with Crippen LogP contribution in [-0.4, -0.2) is 52.4 Å². The maximum atomic E-state index is 3.44. The first-order valence-electron chi connectivity index (χ1n) is 9.15. The van der Waals surface area contributed by atoms with Crippen LogP contribution in [0.4, 0.5) is 11.4 Å². The molecule has 0 saturated heterocycles.